The lowest BCUT2D eigenvalue weighted by molar-refractivity contribution is -0.122. The first-order valence-corrected chi connectivity index (χ1v) is 13.7. The van der Waals surface area contributed by atoms with Gasteiger partial charge in [0.1, 0.15) is 17.3 Å². The van der Waals surface area contributed by atoms with Crippen molar-refractivity contribution in [2.45, 2.75) is 30.8 Å². The molecule has 2 amide bonds. The Hall–Kier alpha value is -4.54. The highest BCUT2D eigenvalue weighted by molar-refractivity contribution is 7.89. The number of imide groups is 1. The predicted octanol–water partition coefficient (Wildman–Crippen LogP) is 4.92. The molecule has 3 aromatic carbocycles. The molecule has 1 aliphatic heterocycles. The number of furan rings is 1. The van der Waals surface area contributed by atoms with Crippen LogP contribution in [0.4, 0.5) is 5.69 Å². The average molecular weight is 542 g/mol. The van der Waals surface area contributed by atoms with Gasteiger partial charge in [0.05, 0.1) is 29.8 Å². The number of carbonyl (C=O) groups excluding carboxylic acids is 2. The minimum Gasteiger partial charge on any atom is -0.468 e. The van der Waals surface area contributed by atoms with Crippen LogP contribution in [-0.2, 0) is 26.2 Å². The van der Waals surface area contributed by atoms with E-state index in [9.17, 15) is 18.0 Å². The van der Waals surface area contributed by atoms with Crippen molar-refractivity contribution in [2.75, 3.05) is 4.90 Å². The molecule has 39 heavy (non-hydrogen) atoms. The number of aryl methyl sites for hydroxylation is 1. The van der Waals surface area contributed by atoms with E-state index in [4.69, 9.17) is 8.83 Å². The minimum absolute atomic E-state index is 0.0287. The van der Waals surface area contributed by atoms with Crippen LogP contribution in [-0.4, -0.2) is 35.6 Å². The Balaban J connectivity index is 1.31. The number of benzene rings is 3. The van der Waals surface area contributed by atoms with Crippen LogP contribution in [0.1, 0.15) is 17.7 Å². The number of oxazole rings is 1. The molecule has 0 N–H and O–H groups in total. The highest BCUT2D eigenvalue weighted by Gasteiger charge is 2.47. The predicted molar refractivity (Wildman–Crippen MR) is 143 cm³/mol. The minimum atomic E-state index is -4.14. The molecule has 1 unspecified atom stereocenters. The number of para-hydroxylation sites is 2. The van der Waals surface area contributed by atoms with Crippen LogP contribution in [0.5, 0.6) is 0 Å². The number of rotatable bonds is 7. The van der Waals surface area contributed by atoms with E-state index in [-0.39, 0.29) is 17.9 Å². The third kappa shape index (κ3) is 4.53. The first-order valence-electron chi connectivity index (χ1n) is 12.2. The van der Waals surface area contributed by atoms with Crippen molar-refractivity contribution in [2.24, 2.45) is 0 Å². The second kappa shape index (κ2) is 9.64. The van der Waals surface area contributed by atoms with E-state index in [1.807, 2.05) is 31.2 Å². The van der Waals surface area contributed by atoms with Gasteiger partial charge in [-0.15, -0.1) is 0 Å². The van der Waals surface area contributed by atoms with E-state index < -0.39 is 27.9 Å². The van der Waals surface area contributed by atoms with E-state index in [0.717, 1.165) is 20.3 Å². The maximum atomic E-state index is 13.7. The van der Waals surface area contributed by atoms with E-state index in [2.05, 4.69) is 4.98 Å². The van der Waals surface area contributed by atoms with Crippen LogP contribution in [0.2, 0.25) is 0 Å². The number of fused-ring (bicyclic) bond motifs is 1. The van der Waals surface area contributed by atoms with Crippen LogP contribution >= 0.6 is 0 Å². The molecule has 10 heteroatoms. The van der Waals surface area contributed by atoms with Gasteiger partial charge < -0.3 is 8.83 Å². The Labute approximate surface area is 224 Å². The number of amides is 2. The summed E-state index contributed by atoms with van der Waals surface area (Å²) in [6, 6.07) is 22.4. The van der Waals surface area contributed by atoms with Gasteiger partial charge in [-0.1, -0.05) is 29.8 Å². The standard InChI is InChI=1S/C29H23N3O6S/c1-19-8-14-23(15-9-19)39(35,36)31(18-22-5-4-16-37-22)25-17-27(33)32(29(25)34)21-12-10-20(11-13-21)28-30-24-6-2-3-7-26(24)38-28/h2-16,25H,17-18H2,1H3. The Morgan fingerprint density at radius 1 is 0.949 bits per heavy atom. The van der Waals surface area contributed by atoms with Crippen molar-refractivity contribution in [1.29, 1.82) is 0 Å². The smallest absolute Gasteiger partial charge is 0.252 e. The van der Waals surface area contributed by atoms with Gasteiger partial charge >= 0.3 is 0 Å². The quantitative estimate of drug-likeness (QED) is 0.269. The highest BCUT2D eigenvalue weighted by atomic mass is 32.2. The second-order valence-electron chi connectivity index (χ2n) is 9.26. The third-order valence-electron chi connectivity index (χ3n) is 6.66. The van der Waals surface area contributed by atoms with Gasteiger partial charge in [0.2, 0.25) is 21.8 Å². The molecule has 2 aromatic heterocycles. The summed E-state index contributed by atoms with van der Waals surface area (Å²) in [5.74, 6) is -0.361. The molecule has 0 spiro atoms. The van der Waals surface area contributed by atoms with E-state index in [1.165, 1.54) is 18.4 Å². The molecule has 0 bridgehead atoms. The number of hydrogen-bond donors (Lipinski definition) is 0. The summed E-state index contributed by atoms with van der Waals surface area (Å²) in [7, 11) is -4.14. The fourth-order valence-electron chi connectivity index (χ4n) is 4.63. The Morgan fingerprint density at radius 3 is 2.38 bits per heavy atom. The summed E-state index contributed by atoms with van der Waals surface area (Å²) in [6.07, 6.45) is 1.13. The van der Waals surface area contributed by atoms with Gasteiger partial charge in [-0.25, -0.2) is 18.3 Å². The van der Waals surface area contributed by atoms with Crippen molar-refractivity contribution in [3.8, 4) is 11.5 Å². The molecular formula is C29H23N3O6S. The number of nitrogens with zero attached hydrogens (tertiary/aromatic N) is 3. The lowest BCUT2D eigenvalue weighted by Crippen LogP contribution is -2.45. The molecule has 0 aliphatic carbocycles. The first-order chi connectivity index (χ1) is 18.8. The monoisotopic (exact) mass is 541 g/mol. The molecule has 9 nitrogen and oxygen atoms in total. The average Bonchev–Trinajstić information content (AvgIpc) is 3.67. The number of hydrogen-bond acceptors (Lipinski definition) is 7. The third-order valence-corrected chi connectivity index (χ3v) is 8.53. The highest BCUT2D eigenvalue weighted by Crippen LogP contribution is 2.32. The lowest BCUT2D eigenvalue weighted by atomic mass is 10.2. The molecule has 0 radical (unpaired) electrons. The Bertz CT molecular complexity index is 1740. The zero-order chi connectivity index (χ0) is 27.1. The normalized spacial score (nSPS) is 16.1. The summed E-state index contributed by atoms with van der Waals surface area (Å²) in [4.78, 5) is 32.3. The van der Waals surface area contributed by atoms with Gasteiger partial charge in [0.25, 0.3) is 5.91 Å². The van der Waals surface area contributed by atoms with Crippen LogP contribution in [0, 0.1) is 6.92 Å². The van der Waals surface area contributed by atoms with Crippen molar-refractivity contribution >= 4 is 38.6 Å². The van der Waals surface area contributed by atoms with Crippen molar-refractivity contribution in [3.05, 3.63) is 103 Å². The molecule has 1 saturated heterocycles. The summed E-state index contributed by atoms with van der Waals surface area (Å²) < 4.78 is 39.7. The summed E-state index contributed by atoms with van der Waals surface area (Å²) >= 11 is 0. The van der Waals surface area contributed by atoms with Crippen LogP contribution < -0.4 is 4.90 Å². The fourth-order valence-corrected chi connectivity index (χ4v) is 6.17. The fraction of sp³-hybridized carbons (Fsp3) is 0.138. The maximum absolute atomic E-state index is 13.7. The number of anilines is 1. The van der Waals surface area contributed by atoms with Gasteiger partial charge in [0, 0.05) is 5.56 Å². The molecule has 1 atom stereocenters. The SMILES string of the molecule is Cc1ccc(S(=O)(=O)N(Cc2ccco2)C2CC(=O)N(c3ccc(-c4nc5ccccc5o4)cc3)C2=O)cc1. The number of sulfonamides is 1. The second-order valence-corrected chi connectivity index (χ2v) is 11.2. The topological polar surface area (TPSA) is 114 Å². The van der Waals surface area contributed by atoms with E-state index in [1.54, 1.807) is 48.5 Å². The van der Waals surface area contributed by atoms with Crippen molar-refractivity contribution < 1.29 is 26.8 Å². The van der Waals surface area contributed by atoms with Gasteiger partial charge in [-0.3, -0.25) is 9.59 Å². The molecule has 196 valence electrons. The molecule has 6 rings (SSSR count). The largest absolute Gasteiger partial charge is 0.468 e. The van der Waals surface area contributed by atoms with Crippen LogP contribution in [0.15, 0.2) is 105 Å². The van der Waals surface area contributed by atoms with E-state index >= 15 is 0 Å². The molecule has 5 aromatic rings. The molecular weight excluding hydrogens is 518 g/mol. The van der Waals surface area contributed by atoms with E-state index in [0.29, 0.717) is 28.5 Å². The maximum Gasteiger partial charge on any atom is 0.252 e. The summed E-state index contributed by atoms with van der Waals surface area (Å²) in [5, 5.41) is 0. The van der Waals surface area contributed by atoms with Gasteiger partial charge in [-0.05, 0) is 67.6 Å². The lowest BCUT2D eigenvalue weighted by Gasteiger charge is -2.26. The molecule has 3 heterocycles. The van der Waals surface area contributed by atoms with Crippen LogP contribution in [0.3, 0.4) is 0 Å². The number of carbonyl (C=O) groups is 2. The molecule has 0 saturated carbocycles. The zero-order valence-corrected chi connectivity index (χ0v) is 21.7. The number of aromatic nitrogens is 1. The summed E-state index contributed by atoms with van der Waals surface area (Å²) in [6.45, 7) is 1.65. The molecule has 1 fully saturated rings. The van der Waals surface area contributed by atoms with Gasteiger partial charge in [-0.2, -0.15) is 4.31 Å². The van der Waals surface area contributed by atoms with Crippen molar-refractivity contribution in [1.82, 2.24) is 9.29 Å². The Kier molecular flexibility index (Phi) is 6.13. The Morgan fingerprint density at radius 2 is 1.69 bits per heavy atom. The summed E-state index contributed by atoms with van der Waals surface area (Å²) in [5.41, 5.74) is 3.27. The zero-order valence-electron chi connectivity index (χ0n) is 20.9. The first kappa shape index (κ1) is 24.8. The van der Waals surface area contributed by atoms with Crippen molar-refractivity contribution in [3.63, 3.8) is 0 Å². The molecule has 1 aliphatic rings. The van der Waals surface area contributed by atoms with Gasteiger partial charge in [0.15, 0.2) is 5.58 Å². The van der Waals surface area contributed by atoms with Crippen LogP contribution in [0.25, 0.3) is 22.6 Å².